The van der Waals surface area contributed by atoms with Gasteiger partial charge in [-0.3, -0.25) is 4.79 Å². The van der Waals surface area contributed by atoms with Crippen LogP contribution in [0.2, 0.25) is 0 Å². The summed E-state index contributed by atoms with van der Waals surface area (Å²) in [6.07, 6.45) is 0.904. The first-order chi connectivity index (χ1) is 8.54. The molecule has 1 aliphatic rings. The molecule has 0 bridgehead atoms. The Balaban J connectivity index is 2.11. The van der Waals surface area contributed by atoms with Crippen LogP contribution >= 0.6 is 0 Å². The first kappa shape index (κ1) is 12.7. The highest BCUT2D eigenvalue weighted by atomic mass is 16.5. The number of hydrogen-bond acceptors (Lipinski definition) is 4. The summed E-state index contributed by atoms with van der Waals surface area (Å²) in [4.78, 5) is 12.1. The Kier molecular flexibility index (Phi) is 3.43. The number of carbonyl (C=O) groups excluding carboxylic acids is 1. The van der Waals surface area contributed by atoms with E-state index in [1.165, 1.54) is 13.2 Å². The van der Waals surface area contributed by atoms with Crippen LogP contribution in [0.15, 0.2) is 18.2 Å². The Morgan fingerprint density at radius 2 is 2.33 bits per heavy atom. The highest BCUT2D eigenvalue weighted by Crippen LogP contribution is 2.26. The Morgan fingerprint density at radius 3 is 2.89 bits per heavy atom. The molecule has 0 aromatic heterocycles. The molecule has 18 heavy (non-hydrogen) atoms. The molecule has 5 heteroatoms. The first-order valence-electron chi connectivity index (χ1n) is 5.94. The molecule has 1 atom stereocenters. The molecule has 0 aliphatic carbocycles. The number of rotatable bonds is 3. The number of ether oxygens (including phenoxy) is 1. The molecule has 1 amide bonds. The fraction of sp³-hybridized carbons (Fsp3) is 0.462. The first-order valence-corrected chi connectivity index (χ1v) is 5.94. The molecule has 0 spiro atoms. The SMILES string of the molecule is COc1ccc(C(=O)NC2(C)CCNC2)cc1O. The second-order valence-corrected chi connectivity index (χ2v) is 4.83. The van der Waals surface area contributed by atoms with Gasteiger partial charge in [0.1, 0.15) is 0 Å². The van der Waals surface area contributed by atoms with E-state index < -0.39 is 0 Å². The van der Waals surface area contributed by atoms with E-state index in [1.807, 2.05) is 6.92 Å². The van der Waals surface area contributed by atoms with Gasteiger partial charge in [0, 0.05) is 12.1 Å². The zero-order valence-corrected chi connectivity index (χ0v) is 10.6. The largest absolute Gasteiger partial charge is 0.504 e. The van der Waals surface area contributed by atoms with E-state index in [2.05, 4.69) is 10.6 Å². The predicted molar refractivity (Wildman–Crippen MR) is 68.0 cm³/mol. The smallest absolute Gasteiger partial charge is 0.251 e. The maximum Gasteiger partial charge on any atom is 0.251 e. The van der Waals surface area contributed by atoms with Crippen molar-refractivity contribution in [3.63, 3.8) is 0 Å². The van der Waals surface area contributed by atoms with Gasteiger partial charge in [-0.25, -0.2) is 0 Å². The van der Waals surface area contributed by atoms with Gasteiger partial charge in [-0.1, -0.05) is 0 Å². The van der Waals surface area contributed by atoms with Crippen molar-refractivity contribution in [2.24, 2.45) is 0 Å². The maximum atomic E-state index is 12.1. The molecule has 0 radical (unpaired) electrons. The highest BCUT2D eigenvalue weighted by Gasteiger charge is 2.30. The molecule has 1 aliphatic heterocycles. The van der Waals surface area contributed by atoms with Crippen molar-refractivity contribution in [2.45, 2.75) is 18.9 Å². The third kappa shape index (κ3) is 2.56. The van der Waals surface area contributed by atoms with E-state index in [9.17, 15) is 9.90 Å². The summed E-state index contributed by atoms with van der Waals surface area (Å²) < 4.78 is 4.94. The normalized spacial score (nSPS) is 22.8. The molecule has 1 aromatic rings. The lowest BCUT2D eigenvalue weighted by molar-refractivity contribution is 0.0912. The third-order valence-corrected chi connectivity index (χ3v) is 3.23. The Hall–Kier alpha value is -1.75. The zero-order chi connectivity index (χ0) is 13.2. The van der Waals surface area contributed by atoms with Crippen molar-refractivity contribution in [2.75, 3.05) is 20.2 Å². The average molecular weight is 250 g/mol. The number of phenols is 1. The molecule has 5 nitrogen and oxygen atoms in total. The summed E-state index contributed by atoms with van der Waals surface area (Å²) in [5, 5.41) is 15.8. The van der Waals surface area contributed by atoms with E-state index in [1.54, 1.807) is 12.1 Å². The van der Waals surface area contributed by atoms with Crippen LogP contribution in [0.3, 0.4) is 0 Å². The lowest BCUT2D eigenvalue weighted by atomic mass is 10.0. The zero-order valence-electron chi connectivity index (χ0n) is 10.6. The third-order valence-electron chi connectivity index (χ3n) is 3.23. The number of benzene rings is 1. The molecule has 2 rings (SSSR count). The Bertz CT molecular complexity index is 454. The molecule has 0 saturated carbocycles. The van der Waals surface area contributed by atoms with Crippen LogP contribution in [-0.2, 0) is 0 Å². The van der Waals surface area contributed by atoms with Gasteiger partial charge in [-0.2, -0.15) is 0 Å². The average Bonchev–Trinajstić information content (AvgIpc) is 2.75. The Morgan fingerprint density at radius 1 is 1.56 bits per heavy atom. The van der Waals surface area contributed by atoms with Crippen molar-refractivity contribution >= 4 is 5.91 Å². The lowest BCUT2D eigenvalue weighted by Gasteiger charge is -2.24. The fourth-order valence-electron chi connectivity index (χ4n) is 2.10. The van der Waals surface area contributed by atoms with Gasteiger partial charge in [0.25, 0.3) is 5.91 Å². The summed E-state index contributed by atoms with van der Waals surface area (Å²) in [5.41, 5.74) is 0.216. The number of aromatic hydroxyl groups is 1. The second kappa shape index (κ2) is 4.86. The summed E-state index contributed by atoms with van der Waals surface area (Å²) in [6.45, 7) is 3.68. The molecule has 98 valence electrons. The van der Waals surface area contributed by atoms with Crippen LogP contribution in [0.5, 0.6) is 11.5 Å². The minimum Gasteiger partial charge on any atom is -0.504 e. The number of amides is 1. The Labute approximate surface area is 106 Å². The van der Waals surface area contributed by atoms with Gasteiger partial charge in [-0.05, 0) is 38.1 Å². The van der Waals surface area contributed by atoms with E-state index in [-0.39, 0.29) is 17.2 Å². The molecule has 1 heterocycles. The molecule has 1 saturated heterocycles. The van der Waals surface area contributed by atoms with E-state index in [0.717, 1.165) is 19.5 Å². The topological polar surface area (TPSA) is 70.6 Å². The minimum atomic E-state index is -0.216. The van der Waals surface area contributed by atoms with Gasteiger partial charge >= 0.3 is 0 Å². The van der Waals surface area contributed by atoms with Crippen LogP contribution in [-0.4, -0.2) is 36.8 Å². The van der Waals surface area contributed by atoms with Crippen LogP contribution < -0.4 is 15.4 Å². The van der Waals surface area contributed by atoms with Gasteiger partial charge in [0.05, 0.1) is 12.6 Å². The maximum absolute atomic E-state index is 12.1. The van der Waals surface area contributed by atoms with Crippen molar-refractivity contribution < 1.29 is 14.6 Å². The van der Waals surface area contributed by atoms with Gasteiger partial charge in [0.2, 0.25) is 0 Å². The molecule has 3 N–H and O–H groups in total. The molecular formula is C13H18N2O3. The van der Waals surface area contributed by atoms with E-state index >= 15 is 0 Å². The van der Waals surface area contributed by atoms with E-state index in [0.29, 0.717) is 11.3 Å². The number of carbonyl (C=O) groups is 1. The standard InChI is InChI=1S/C13H18N2O3/c1-13(5-6-14-8-13)15-12(17)9-3-4-11(18-2)10(16)7-9/h3-4,7,14,16H,5-6,8H2,1-2H3,(H,15,17). The quantitative estimate of drug-likeness (QED) is 0.745. The van der Waals surface area contributed by atoms with Crippen molar-refractivity contribution in [1.82, 2.24) is 10.6 Å². The number of phenolic OH excluding ortho intramolecular Hbond substituents is 1. The van der Waals surface area contributed by atoms with Crippen molar-refractivity contribution in [3.05, 3.63) is 23.8 Å². The second-order valence-electron chi connectivity index (χ2n) is 4.83. The van der Waals surface area contributed by atoms with E-state index in [4.69, 9.17) is 4.74 Å². The van der Waals surface area contributed by atoms with Crippen LogP contribution in [0.1, 0.15) is 23.7 Å². The van der Waals surface area contributed by atoms with Crippen LogP contribution in [0.25, 0.3) is 0 Å². The fourth-order valence-corrected chi connectivity index (χ4v) is 2.10. The highest BCUT2D eigenvalue weighted by molar-refractivity contribution is 5.95. The molecular weight excluding hydrogens is 232 g/mol. The van der Waals surface area contributed by atoms with Crippen LogP contribution in [0.4, 0.5) is 0 Å². The summed E-state index contributed by atoms with van der Waals surface area (Å²) in [6, 6.07) is 4.64. The van der Waals surface area contributed by atoms with Crippen molar-refractivity contribution in [3.8, 4) is 11.5 Å². The molecule has 1 unspecified atom stereocenters. The molecule has 1 fully saturated rings. The summed E-state index contributed by atoms with van der Waals surface area (Å²) in [5.74, 6) is 0.152. The van der Waals surface area contributed by atoms with Crippen molar-refractivity contribution in [1.29, 1.82) is 0 Å². The summed E-state index contributed by atoms with van der Waals surface area (Å²) in [7, 11) is 1.47. The van der Waals surface area contributed by atoms with Crippen LogP contribution in [0, 0.1) is 0 Å². The lowest BCUT2D eigenvalue weighted by Crippen LogP contribution is -2.47. The van der Waals surface area contributed by atoms with Gasteiger partial charge in [-0.15, -0.1) is 0 Å². The summed E-state index contributed by atoms with van der Waals surface area (Å²) >= 11 is 0. The number of hydrogen-bond donors (Lipinski definition) is 3. The van der Waals surface area contributed by atoms with Gasteiger partial charge in [0.15, 0.2) is 11.5 Å². The minimum absolute atomic E-state index is 0.0279. The number of methoxy groups -OCH3 is 1. The predicted octanol–water partition coefficient (Wildman–Crippen LogP) is 0.883. The van der Waals surface area contributed by atoms with Gasteiger partial charge < -0.3 is 20.5 Å². The molecule has 1 aromatic carbocycles. The number of nitrogens with one attached hydrogen (secondary N) is 2. The monoisotopic (exact) mass is 250 g/mol.